The summed E-state index contributed by atoms with van der Waals surface area (Å²) in [5.41, 5.74) is 0.727. The molecule has 1 heterocycles. The molecule has 0 unspecified atom stereocenters. The Hall–Kier alpha value is -2.44. The van der Waals surface area contributed by atoms with Crippen LogP contribution in [-0.4, -0.2) is 23.9 Å². The van der Waals surface area contributed by atoms with Gasteiger partial charge in [0.2, 0.25) is 5.91 Å². The van der Waals surface area contributed by atoms with Crippen LogP contribution < -0.4 is 16.0 Å². The predicted octanol–water partition coefficient (Wildman–Crippen LogP) is 2.02. The third-order valence-electron chi connectivity index (χ3n) is 3.67. The maximum absolute atomic E-state index is 13.1. The summed E-state index contributed by atoms with van der Waals surface area (Å²) >= 11 is 0. The quantitative estimate of drug-likeness (QED) is 0.720. The second-order valence-electron chi connectivity index (χ2n) is 7.16. The molecule has 0 aliphatic carbocycles. The van der Waals surface area contributed by atoms with Crippen molar-refractivity contribution in [3.05, 3.63) is 35.6 Å². The number of hydrogen-bond acceptors (Lipinski definition) is 3. The lowest BCUT2D eigenvalue weighted by Gasteiger charge is -2.27. The zero-order chi connectivity index (χ0) is 17.9. The van der Waals surface area contributed by atoms with E-state index in [1.165, 1.54) is 12.1 Å². The molecule has 2 rings (SSSR count). The molecular formula is C17H22FN3O3. The van der Waals surface area contributed by atoms with Crippen LogP contribution >= 0.6 is 0 Å². The van der Waals surface area contributed by atoms with Crippen LogP contribution in [0.2, 0.25) is 0 Å². The molecule has 3 N–H and O–H groups in total. The fraction of sp³-hybridized carbons (Fsp3) is 0.471. The second-order valence-corrected chi connectivity index (χ2v) is 7.16. The Labute approximate surface area is 140 Å². The fourth-order valence-corrected chi connectivity index (χ4v) is 2.60. The van der Waals surface area contributed by atoms with Gasteiger partial charge in [0.1, 0.15) is 11.9 Å². The topological polar surface area (TPSA) is 87.3 Å². The van der Waals surface area contributed by atoms with E-state index in [1.54, 1.807) is 12.1 Å². The van der Waals surface area contributed by atoms with Gasteiger partial charge in [0.05, 0.1) is 12.5 Å². The van der Waals surface area contributed by atoms with Crippen molar-refractivity contribution in [3.63, 3.8) is 0 Å². The van der Waals surface area contributed by atoms with Crippen molar-refractivity contribution in [3.8, 4) is 0 Å². The average molecular weight is 335 g/mol. The van der Waals surface area contributed by atoms with E-state index in [-0.39, 0.29) is 29.6 Å². The molecule has 1 aliphatic heterocycles. The van der Waals surface area contributed by atoms with Gasteiger partial charge >= 0.3 is 6.03 Å². The molecule has 1 aliphatic rings. The molecule has 4 amide bonds. The molecule has 1 saturated heterocycles. The number of rotatable bonds is 5. The molecule has 1 aromatic carbocycles. The predicted molar refractivity (Wildman–Crippen MR) is 86.4 cm³/mol. The number of amides is 4. The molecule has 7 heteroatoms. The largest absolute Gasteiger partial charge is 0.349 e. The minimum absolute atomic E-state index is 0.0642. The number of benzene rings is 1. The Morgan fingerprint density at radius 1 is 1.25 bits per heavy atom. The van der Waals surface area contributed by atoms with Crippen molar-refractivity contribution in [1.82, 2.24) is 16.0 Å². The summed E-state index contributed by atoms with van der Waals surface area (Å²) in [7, 11) is 0. The standard InChI is InChI=1S/C17H22FN3O3/c1-17(2,3)9-13(10-4-6-11(18)7-5-10)19-14(22)8-12-15(23)21-16(24)20-12/h4-7,12-13H,8-9H2,1-3H3,(H,19,22)(H2,20,21,23,24)/t12-,13+/m1/s1. The maximum atomic E-state index is 13.1. The van der Waals surface area contributed by atoms with Gasteiger partial charge in [-0.2, -0.15) is 0 Å². The third kappa shape index (κ3) is 5.04. The first-order valence-corrected chi connectivity index (χ1v) is 7.80. The number of imide groups is 1. The molecule has 1 aromatic rings. The van der Waals surface area contributed by atoms with Crippen molar-refractivity contribution in [2.45, 2.75) is 45.7 Å². The smallest absolute Gasteiger partial charge is 0.322 e. The zero-order valence-electron chi connectivity index (χ0n) is 14.0. The Morgan fingerprint density at radius 2 is 1.88 bits per heavy atom. The van der Waals surface area contributed by atoms with Crippen molar-refractivity contribution >= 4 is 17.8 Å². The van der Waals surface area contributed by atoms with E-state index in [0.29, 0.717) is 6.42 Å². The van der Waals surface area contributed by atoms with Gasteiger partial charge in [-0.15, -0.1) is 0 Å². The molecule has 2 atom stereocenters. The van der Waals surface area contributed by atoms with Gasteiger partial charge in [-0.05, 0) is 29.5 Å². The number of carbonyl (C=O) groups is 3. The van der Waals surface area contributed by atoms with Gasteiger partial charge in [-0.25, -0.2) is 9.18 Å². The second kappa shape index (κ2) is 6.98. The Bertz CT molecular complexity index is 637. The first kappa shape index (κ1) is 17.9. The van der Waals surface area contributed by atoms with E-state index in [2.05, 4.69) is 16.0 Å². The van der Waals surface area contributed by atoms with Crippen molar-refractivity contribution in [2.24, 2.45) is 5.41 Å². The summed E-state index contributed by atoms with van der Waals surface area (Å²) < 4.78 is 13.1. The lowest BCUT2D eigenvalue weighted by Crippen LogP contribution is -2.38. The summed E-state index contributed by atoms with van der Waals surface area (Å²) in [6.07, 6.45) is 0.507. The van der Waals surface area contributed by atoms with E-state index in [4.69, 9.17) is 0 Å². The van der Waals surface area contributed by atoms with Crippen molar-refractivity contribution in [2.75, 3.05) is 0 Å². The normalized spacial score (nSPS) is 18.8. The molecule has 0 spiro atoms. The van der Waals surface area contributed by atoms with Gasteiger partial charge in [-0.3, -0.25) is 14.9 Å². The fourth-order valence-electron chi connectivity index (χ4n) is 2.60. The molecule has 24 heavy (non-hydrogen) atoms. The van der Waals surface area contributed by atoms with Gasteiger partial charge in [0.25, 0.3) is 5.91 Å². The number of urea groups is 1. The first-order valence-electron chi connectivity index (χ1n) is 7.80. The number of nitrogens with one attached hydrogen (secondary N) is 3. The van der Waals surface area contributed by atoms with E-state index < -0.39 is 18.0 Å². The number of hydrogen-bond donors (Lipinski definition) is 3. The van der Waals surface area contributed by atoms with E-state index in [0.717, 1.165) is 5.56 Å². The van der Waals surface area contributed by atoms with Crippen LogP contribution in [0.25, 0.3) is 0 Å². The maximum Gasteiger partial charge on any atom is 0.322 e. The highest BCUT2D eigenvalue weighted by molar-refractivity contribution is 6.05. The average Bonchev–Trinajstić information content (AvgIpc) is 2.75. The molecule has 0 saturated carbocycles. The van der Waals surface area contributed by atoms with Crippen LogP contribution in [0, 0.1) is 11.2 Å². The highest BCUT2D eigenvalue weighted by Crippen LogP contribution is 2.29. The highest BCUT2D eigenvalue weighted by Gasteiger charge is 2.32. The Kier molecular flexibility index (Phi) is 5.21. The van der Waals surface area contributed by atoms with Crippen LogP contribution in [0.5, 0.6) is 0 Å². The molecule has 6 nitrogen and oxygen atoms in total. The molecular weight excluding hydrogens is 313 g/mol. The van der Waals surface area contributed by atoms with Gasteiger partial charge in [-0.1, -0.05) is 32.9 Å². The Morgan fingerprint density at radius 3 is 2.38 bits per heavy atom. The highest BCUT2D eigenvalue weighted by atomic mass is 19.1. The number of halogens is 1. The van der Waals surface area contributed by atoms with Crippen LogP contribution in [0.15, 0.2) is 24.3 Å². The molecule has 0 bridgehead atoms. The SMILES string of the molecule is CC(C)(C)C[C@H](NC(=O)C[C@H]1NC(=O)NC1=O)c1ccc(F)cc1. The van der Waals surface area contributed by atoms with Crippen LogP contribution in [-0.2, 0) is 9.59 Å². The lowest BCUT2D eigenvalue weighted by atomic mass is 9.85. The number of carbonyl (C=O) groups excluding carboxylic acids is 3. The van der Waals surface area contributed by atoms with Gasteiger partial charge in [0, 0.05) is 0 Å². The zero-order valence-corrected chi connectivity index (χ0v) is 14.0. The van der Waals surface area contributed by atoms with Gasteiger partial charge < -0.3 is 10.6 Å². The molecule has 0 radical (unpaired) electrons. The summed E-state index contributed by atoms with van der Waals surface area (Å²) in [6.45, 7) is 6.13. The van der Waals surface area contributed by atoms with Crippen LogP contribution in [0.3, 0.4) is 0 Å². The summed E-state index contributed by atoms with van der Waals surface area (Å²) in [5.74, 6) is -1.20. The minimum Gasteiger partial charge on any atom is -0.349 e. The van der Waals surface area contributed by atoms with Crippen LogP contribution in [0.4, 0.5) is 9.18 Å². The van der Waals surface area contributed by atoms with E-state index in [1.807, 2.05) is 20.8 Å². The lowest BCUT2D eigenvalue weighted by molar-refractivity contribution is -0.127. The first-order chi connectivity index (χ1) is 11.1. The van der Waals surface area contributed by atoms with Crippen LogP contribution in [0.1, 0.15) is 45.2 Å². The Balaban J connectivity index is 2.07. The molecule has 130 valence electrons. The van der Waals surface area contributed by atoms with Crippen molar-refractivity contribution in [1.29, 1.82) is 0 Å². The monoisotopic (exact) mass is 335 g/mol. The summed E-state index contributed by atoms with van der Waals surface area (Å²) in [6, 6.07) is 4.21. The third-order valence-corrected chi connectivity index (χ3v) is 3.67. The summed E-state index contributed by atoms with van der Waals surface area (Å²) in [5, 5.41) is 7.36. The van der Waals surface area contributed by atoms with E-state index in [9.17, 15) is 18.8 Å². The minimum atomic E-state index is -0.860. The summed E-state index contributed by atoms with van der Waals surface area (Å²) in [4.78, 5) is 34.9. The van der Waals surface area contributed by atoms with E-state index >= 15 is 0 Å². The molecule has 0 aromatic heterocycles. The van der Waals surface area contributed by atoms with Gasteiger partial charge in [0.15, 0.2) is 0 Å². The molecule has 1 fully saturated rings. The van der Waals surface area contributed by atoms with Crippen molar-refractivity contribution < 1.29 is 18.8 Å².